The van der Waals surface area contributed by atoms with E-state index < -0.39 is 12.1 Å². The van der Waals surface area contributed by atoms with Crippen LogP contribution in [0.3, 0.4) is 0 Å². The summed E-state index contributed by atoms with van der Waals surface area (Å²) in [6, 6.07) is 10.0. The van der Waals surface area contributed by atoms with Crippen molar-refractivity contribution in [1.82, 2.24) is 0 Å². The monoisotopic (exact) mass is 248 g/mol. The summed E-state index contributed by atoms with van der Waals surface area (Å²) in [5.41, 5.74) is 0.925. The molecule has 0 heterocycles. The summed E-state index contributed by atoms with van der Waals surface area (Å²) >= 11 is 0. The van der Waals surface area contributed by atoms with E-state index in [1.165, 1.54) is 12.1 Å². The zero-order valence-corrected chi connectivity index (χ0v) is 9.64. The molecule has 18 heavy (non-hydrogen) atoms. The van der Waals surface area contributed by atoms with E-state index in [0.29, 0.717) is 6.42 Å². The van der Waals surface area contributed by atoms with Crippen LogP contribution in [0.4, 0.5) is 4.39 Å². The average Bonchev–Trinajstić information content (AvgIpc) is 2.35. The molecule has 0 saturated carbocycles. The summed E-state index contributed by atoms with van der Waals surface area (Å²) in [4.78, 5) is 10.5. The van der Waals surface area contributed by atoms with Gasteiger partial charge in [0, 0.05) is 0 Å². The number of carbonyl (C=O) groups is 1. The number of carboxylic acids is 1. The van der Waals surface area contributed by atoms with Gasteiger partial charge in [0.1, 0.15) is 5.82 Å². The van der Waals surface area contributed by atoms with Crippen LogP contribution < -0.4 is 0 Å². The first-order valence-electron chi connectivity index (χ1n) is 5.65. The summed E-state index contributed by atoms with van der Waals surface area (Å²) in [7, 11) is 0. The fraction of sp³-hybridized carbons (Fsp3) is 0.214. The minimum atomic E-state index is -1.34. The number of aliphatic carboxylic acids is 1. The second-order valence-electron chi connectivity index (χ2n) is 4.22. The van der Waals surface area contributed by atoms with Gasteiger partial charge in [-0.05, 0) is 41.3 Å². The molecule has 3 nitrogen and oxygen atoms in total. The maximum absolute atomic E-state index is 13.0. The van der Waals surface area contributed by atoms with E-state index >= 15 is 0 Å². The lowest BCUT2D eigenvalue weighted by molar-refractivity contribution is -0.146. The fourth-order valence-corrected chi connectivity index (χ4v) is 1.85. The Morgan fingerprint density at radius 1 is 1.17 bits per heavy atom. The lowest BCUT2D eigenvalue weighted by atomic mass is 10.0. The number of fused-ring (bicyclic) bond motifs is 1. The van der Waals surface area contributed by atoms with E-state index in [1.54, 1.807) is 12.1 Å². The van der Waals surface area contributed by atoms with Crippen LogP contribution in [0, 0.1) is 5.82 Å². The van der Waals surface area contributed by atoms with Crippen LogP contribution in [0.15, 0.2) is 36.4 Å². The van der Waals surface area contributed by atoms with E-state index in [4.69, 9.17) is 5.11 Å². The Morgan fingerprint density at radius 2 is 1.83 bits per heavy atom. The van der Waals surface area contributed by atoms with Crippen molar-refractivity contribution in [3.05, 3.63) is 47.8 Å². The number of hydrogen-bond acceptors (Lipinski definition) is 2. The minimum absolute atomic E-state index is 0.169. The third-order valence-electron chi connectivity index (χ3n) is 2.86. The SMILES string of the molecule is O=C(O)C(O)CCc1ccc2cc(F)ccc2c1. The summed E-state index contributed by atoms with van der Waals surface area (Å²) in [6.45, 7) is 0. The van der Waals surface area contributed by atoms with E-state index in [2.05, 4.69) is 0 Å². The highest BCUT2D eigenvalue weighted by Gasteiger charge is 2.12. The number of hydrogen-bond donors (Lipinski definition) is 2. The van der Waals surface area contributed by atoms with Gasteiger partial charge in [-0.15, -0.1) is 0 Å². The Labute approximate surface area is 103 Å². The highest BCUT2D eigenvalue weighted by atomic mass is 19.1. The van der Waals surface area contributed by atoms with Crippen LogP contribution in [0.2, 0.25) is 0 Å². The van der Waals surface area contributed by atoms with Crippen LogP contribution in [0.5, 0.6) is 0 Å². The van der Waals surface area contributed by atoms with Gasteiger partial charge < -0.3 is 10.2 Å². The second kappa shape index (κ2) is 5.14. The van der Waals surface area contributed by atoms with E-state index in [-0.39, 0.29) is 12.2 Å². The summed E-state index contributed by atoms with van der Waals surface area (Å²) in [5, 5.41) is 19.5. The largest absolute Gasteiger partial charge is 0.479 e. The number of rotatable bonds is 4. The van der Waals surface area contributed by atoms with Crippen molar-refractivity contribution in [2.45, 2.75) is 18.9 Å². The maximum atomic E-state index is 13.0. The number of carboxylic acid groups (broad SMARTS) is 1. The Balaban J connectivity index is 2.15. The van der Waals surface area contributed by atoms with Gasteiger partial charge in [0.2, 0.25) is 0 Å². The number of aryl methyl sites for hydroxylation is 1. The third-order valence-corrected chi connectivity index (χ3v) is 2.86. The lowest BCUT2D eigenvalue weighted by Gasteiger charge is -2.06. The molecular weight excluding hydrogens is 235 g/mol. The highest BCUT2D eigenvalue weighted by molar-refractivity contribution is 5.83. The first kappa shape index (κ1) is 12.5. The molecule has 94 valence electrons. The van der Waals surface area contributed by atoms with Gasteiger partial charge in [-0.3, -0.25) is 0 Å². The fourth-order valence-electron chi connectivity index (χ4n) is 1.85. The van der Waals surface area contributed by atoms with Gasteiger partial charge in [0.15, 0.2) is 6.10 Å². The van der Waals surface area contributed by atoms with E-state index in [0.717, 1.165) is 16.3 Å². The number of benzene rings is 2. The van der Waals surface area contributed by atoms with Crippen molar-refractivity contribution in [1.29, 1.82) is 0 Å². The standard InChI is InChI=1S/C14H13FO3/c15-12-5-4-10-7-9(1-3-11(10)8-12)2-6-13(16)14(17)18/h1,3-5,7-8,13,16H,2,6H2,(H,17,18). The molecule has 2 rings (SSSR count). The summed E-state index contributed by atoms with van der Waals surface area (Å²) < 4.78 is 13.0. The Kier molecular flexibility index (Phi) is 3.58. The van der Waals surface area contributed by atoms with E-state index in [9.17, 15) is 14.3 Å². The molecular formula is C14H13FO3. The first-order chi connectivity index (χ1) is 8.56. The van der Waals surface area contributed by atoms with Crippen molar-refractivity contribution in [3.8, 4) is 0 Å². The number of aliphatic hydroxyl groups excluding tert-OH is 1. The molecule has 1 unspecified atom stereocenters. The van der Waals surface area contributed by atoms with Gasteiger partial charge in [0.25, 0.3) is 0 Å². The molecule has 0 aromatic heterocycles. The zero-order chi connectivity index (χ0) is 13.1. The van der Waals surface area contributed by atoms with Gasteiger partial charge in [-0.1, -0.05) is 24.3 Å². The Morgan fingerprint density at radius 3 is 2.56 bits per heavy atom. The van der Waals surface area contributed by atoms with Crippen LogP contribution >= 0.6 is 0 Å². The van der Waals surface area contributed by atoms with Crippen LogP contribution in [0.1, 0.15) is 12.0 Å². The molecule has 0 spiro atoms. The van der Waals surface area contributed by atoms with Crippen molar-refractivity contribution in [2.24, 2.45) is 0 Å². The quantitative estimate of drug-likeness (QED) is 0.873. The molecule has 0 bridgehead atoms. The minimum Gasteiger partial charge on any atom is -0.479 e. The van der Waals surface area contributed by atoms with Gasteiger partial charge in [-0.25, -0.2) is 9.18 Å². The Hall–Kier alpha value is -1.94. The molecule has 0 aliphatic heterocycles. The number of halogens is 1. The zero-order valence-electron chi connectivity index (χ0n) is 9.64. The molecule has 0 fully saturated rings. The summed E-state index contributed by atoms with van der Waals surface area (Å²) in [6.07, 6.45) is -0.697. The van der Waals surface area contributed by atoms with E-state index in [1.807, 2.05) is 12.1 Å². The van der Waals surface area contributed by atoms with Crippen LogP contribution in [0.25, 0.3) is 10.8 Å². The predicted octanol–water partition coefficient (Wildman–Crippen LogP) is 2.36. The smallest absolute Gasteiger partial charge is 0.332 e. The van der Waals surface area contributed by atoms with Gasteiger partial charge in [-0.2, -0.15) is 0 Å². The number of aliphatic hydroxyl groups is 1. The molecule has 0 saturated heterocycles. The lowest BCUT2D eigenvalue weighted by Crippen LogP contribution is -2.19. The predicted molar refractivity (Wildman–Crippen MR) is 65.9 cm³/mol. The third kappa shape index (κ3) is 2.84. The summed E-state index contributed by atoms with van der Waals surface area (Å²) in [5.74, 6) is -1.49. The molecule has 2 aromatic rings. The van der Waals surface area contributed by atoms with Crippen molar-refractivity contribution in [3.63, 3.8) is 0 Å². The highest BCUT2D eigenvalue weighted by Crippen LogP contribution is 2.18. The van der Waals surface area contributed by atoms with Crippen molar-refractivity contribution >= 4 is 16.7 Å². The molecule has 4 heteroatoms. The molecule has 0 aliphatic rings. The molecule has 1 atom stereocenters. The topological polar surface area (TPSA) is 57.5 Å². The molecule has 2 aromatic carbocycles. The van der Waals surface area contributed by atoms with Gasteiger partial charge in [0.05, 0.1) is 0 Å². The van der Waals surface area contributed by atoms with Crippen LogP contribution in [-0.2, 0) is 11.2 Å². The van der Waals surface area contributed by atoms with Crippen molar-refractivity contribution < 1.29 is 19.4 Å². The van der Waals surface area contributed by atoms with Gasteiger partial charge >= 0.3 is 5.97 Å². The molecule has 0 aliphatic carbocycles. The Bertz CT molecular complexity index is 580. The molecule has 0 amide bonds. The first-order valence-corrected chi connectivity index (χ1v) is 5.65. The van der Waals surface area contributed by atoms with Crippen molar-refractivity contribution in [2.75, 3.05) is 0 Å². The normalized spacial score (nSPS) is 12.6. The second-order valence-corrected chi connectivity index (χ2v) is 4.22. The molecule has 0 radical (unpaired) electrons. The molecule has 2 N–H and O–H groups in total. The van der Waals surface area contributed by atoms with Crippen LogP contribution in [-0.4, -0.2) is 22.3 Å². The maximum Gasteiger partial charge on any atom is 0.332 e. The average molecular weight is 248 g/mol.